The van der Waals surface area contributed by atoms with Gasteiger partial charge in [0.25, 0.3) is 17.4 Å². The summed E-state index contributed by atoms with van der Waals surface area (Å²) in [6.07, 6.45) is 0. The summed E-state index contributed by atoms with van der Waals surface area (Å²) in [5.41, 5.74) is 0.106. The summed E-state index contributed by atoms with van der Waals surface area (Å²) < 4.78 is 18.7. The van der Waals surface area contributed by atoms with Crippen LogP contribution in [-0.2, 0) is 14.3 Å². The molecule has 1 amide bonds. The van der Waals surface area contributed by atoms with Crippen LogP contribution in [0.4, 0.5) is 10.1 Å². The number of ether oxygens (including phenoxy) is 1. The maximum Gasteiger partial charge on any atom is 0.295 e. The van der Waals surface area contributed by atoms with E-state index < -0.39 is 34.2 Å². The van der Waals surface area contributed by atoms with E-state index in [0.717, 1.165) is 12.1 Å². The van der Waals surface area contributed by atoms with Gasteiger partial charge in [-0.1, -0.05) is 12.1 Å². The quantitative estimate of drug-likeness (QED) is 0.234. The number of hydrogen-bond donors (Lipinski definition) is 1. The normalized spacial score (nSPS) is 20.9. The van der Waals surface area contributed by atoms with Crippen LogP contribution in [0.3, 0.4) is 0 Å². The van der Waals surface area contributed by atoms with Crippen LogP contribution in [0.1, 0.15) is 17.2 Å². The molecule has 9 nitrogen and oxygen atoms in total. The number of rotatable bonds is 6. The number of nitro benzene ring substituents is 1. The molecule has 1 atom stereocenters. The Hall–Kier alpha value is -3.63. The Morgan fingerprint density at radius 2 is 1.82 bits per heavy atom. The molecule has 2 aromatic rings. The molecular formula is C23H22FN3O6. The first-order chi connectivity index (χ1) is 15.9. The highest BCUT2D eigenvalue weighted by atomic mass is 19.1. The molecule has 2 saturated heterocycles. The average molecular weight is 455 g/mol. The molecule has 0 saturated carbocycles. The number of nitrogens with zero attached hydrogens (tertiary/aromatic N) is 3. The van der Waals surface area contributed by atoms with Gasteiger partial charge in [-0.2, -0.15) is 0 Å². The molecule has 172 valence electrons. The Kier molecular flexibility index (Phi) is 6.47. The molecule has 2 aromatic carbocycles. The number of aliphatic hydroxyl groups is 1. The molecule has 1 N–H and O–H groups in total. The summed E-state index contributed by atoms with van der Waals surface area (Å²) in [4.78, 5) is 40.1. The molecular weight excluding hydrogens is 433 g/mol. The van der Waals surface area contributed by atoms with Crippen LogP contribution in [0.2, 0.25) is 0 Å². The zero-order valence-electron chi connectivity index (χ0n) is 17.6. The van der Waals surface area contributed by atoms with E-state index in [1.807, 2.05) is 0 Å². The van der Waals surface area contributed by atoms with Crippen molar-refractivity contribution in [2.24, 2.45) is 0 Å². The second-order valence-corrected chi connectivity index (χ2v) is 7.81. The van der Waals surface area contributed by atoms with Crippen molar-refractivity contribution in [3.8, 4) is 0 Å². The van der Waals surface area contributed by atoms with E-state index in [-0.39, 0.29) is 23.4 Å². The Bertz CT molecular complexity index is 1110. The second-order valence-electron chi connectivity index (χ2n) is 7.81. The fourth-order valence-electron chi connectivity index (χ4n) is 4.10. The fourth-order valence-corrected chi connectivity index (χ4v) is 4.10. The zero-order valence-corrected chi connectivity index (χ0v) is 17.6. The van der Waals surface area contributed by atoms with Crippen LogP contribution in [0.15, 0.2) is 54.1 Å². The molecule has 0 aliphatic carbocycles. The minimum absolute atomic E-state index is 0.165. The monoisotopic (exact) mass is 455 g/mol. The number of aliphatic hydroxyl groups excluding tert-OH is 1. The molecule has 10 heteroatoms. The summed E-state index contributed by atoms with van der Waals surface area (Å²) in [7, 11) is 0. The molecule has 33 heavy (non-hydrogen) atoms. The van der Waals surface area contributed by atoms with Crippen LogP contribution in [0, 0.1) is 15.9 Å². The standard InChI is InChI=1S/C23H22FN3O6/c24-17-6-4-15(5-7-17)21(28)19-20(16-2-1-3-18(14-16)27(31)32)26(23(30)22(19)29)9-8-25-10-12-33-13-11-25/h1-7,14,20,28H,8-13H2/b21-19+/t20-/m0/s1. The number of likely N-dealkylation sites (tertiary alicyclic amines) is 1. The number of morpholine rings is 1. The van der Waals surface area contributed by atoms with Gasteiger partial charge in [0, 0.05) is 43.9 Å². The summed E-state index contributed by atoms with van der Waals surface area (Å²) in [6.45, 7) is 3.15. The molecule has 0 unspecified atom stereocenters. The second kappa shape index (κ2) is 9.47. The van der Waals surface area contributed by atoms with Gasteiger partial charge in [-0.15, -0.1) is 0 Å². The molecule has 4 rings (SSSR count). The van der Waals surface area contributed by atoms with Crippen molar-refractivity contribution in [3.63, 3.8) is 0 Å². The predicted molar refractivity (Wildman–Crippen MR) is 116 cm³/mol. The Labute approximate surface area is 188 Å². The first kappa shape index (κ1) is 22.6. The lowest BCUT2D eigenvalue weighted by Gasteiger charge is -2.31. The van der Waals surface area contributed by atoms with E-state index in [1.54, 1.807) is 6.07 Å². The first-order valence-electron chi connectivity index (χ1n) is 10.5. The van der Waals surface area contributed by atoms with Crippen LogP contribution in [0.5, 0.6) is 0 Å². The molecule has 0 spiro atoms. The van der Waals surface area contributed by atoms with Crippen molar-refractivity contribution < 1.29 is 28.7 Å². The van der Waals surface area contributed by atoms with Crippen molar-refractivity contribution in [1.29, 1.82) is 0 Å². The molecule has 2 aliphatic heterocycles. The summed E-state index contributed by atoms with van der Waals surface area (Å²) in [5, 5.41) is 22.3. The Balaban J connectivity index is 1.77. The van der Waals surface area contributed by atoms with Gasteiger partial charge in [0.15, 0.2) is 0 Å². The lowest BCUT2D eigenvalue weighted by Crippen LogP contribution is -2.42. The number of hydrogen-bond acceptors (Lipinski definition) is 7. The van der Waals surface area contributed by atoms with Gasteiger partial charge in [-0.25, -0.2) is 4.39 Å². The maximum absolute atomic E-state index is 13.4. The lowest BCUT2D eigenvalue weighted by molar-refractivity contribution is -0.384. The van der Waals surface area contributed by atoms with E-state index in [0.29, 0.717) is 38.4 Å². The van der Waals surface area contributed by atoms with Crippen LogP contribution < -0.4 is 0 Å². The number of ketones is 1. The van der Waals surface area contributed by atoms with Gasteiger partial charge < -0.3 is 14.7 Å². The van der Waals surface area contributed by atoms with Gasteiger partial charge in [0.2, 0.25) is 0 Å². The van der Waals surface area contributed by atoms with Gasteiger partial charge in [0.05, 0.1) is 29.8 Å². The number of halogens is 1. The third-order valence-corrected chi connectivity index (χ3v) is 5.82. The minimum Gasteiger partial charge on any atom is -0.507 e. The molecule has 2 aliphatic rings. The fraction of sp³-hybridized carbons (Fsp3) is 0.304. The molecule has 0 radical (unpaired) electrons. The third kappa shape index (κ3) is 4.62. The van der Waals surface area contributed by atoms with E-state index in [9.17, 15) is 29.2 Å². The Morgan fingerprint density at radius 3 is 2.48 bits per heavy atom. The van der Waals surface area contributed by atoms with E-state index >= 15 is 0 Å². The summed E-state index contributed by atoms with van der Waals surface area (Å²) in [5.74, 6) is -2.68. The van der Waals surface area contributed by atoms with E-state index in [2.05, 4.69) is 4.90 Å². The smallest absolute Gasteiger partial charge is 0.295 e. The number of Topliss-reactive ketones (excluding diaryl/α,β-unsaturated/α-hetero) is 1. The van der Waals surface area contributed by atoms with Gasteiger partial charge in [-0.05, 0) is 29.8 Å². The van der Waals surface area contributed by atoms with Crippen molar-refractivity contribution in [3.05, 3.63) is 81.2 Å². The largest absolute Gasteiger partial charge is 0.507 e. The number of carbonyl (C=O) groups excluding carboxylic acids is 2. The van der Waals surface area contributed by atoms with Crippen molar-refractivity contribution in [1.82, 2.24) is 9.80 Å². The summed E-state index contributed by atoms with van der Waals surface area (Å²) >= 11 is 0. The predicted octanol–water partition coefficient (Wildman–Crippen LogP) is 2.49. The van der Waals surface area contributed by atoms with Crippen molar-refractivity contribution >= 4 is 23.1 Å². The number of benzene rings is 2. The van der Waals surface area contributed by atoms with Crippen LogP contribution in [0.25, 0.3) is 5.76 Å². The van der Waals surface area contributed by atoms with Gasteiger partial charge >= 0.3 is 0 Å². The topological polar surface area (TPSA) is 113 Å². The highest BCUT2D eigenvalue weighted by Gasteiger charge is 2.46. The van der Waals surface area contributed by atoms with Crippen LogP contribution in [-0.4, -0.2) is 70.9 Å². The molecule has 0 bridgehead atoms. The molecule has 2 fully saturated rings. The van der Waals surface area contributed by atoms with Gasteiger partial charge in [-0.3, -0.25) is 24.6 Å². The number of amides is 1. The number of carbonyl (C=O) groups is 2. The number of non-ortho nitro benzene ring substituents is 1. The first-order valence-corrected chi connectivity index (χ1v) is 10.5. The zero-order chi connectivity index (χ0) is 23.5. The summed E-state index contributed by atoms with van der Waals surface area (Å²) in [6, 6.07) is 9.48. The SMILES string of the molecule is O=C1C(=O)N(CCN2CCOCC2)[C@@H](c2cccc([N+](=O)[O-])c2)/C1=C(\O)c1ccc(F)cc1. The van der Waals surface area contributed by atoms with E-state index in [4.69, 9.17) is 4.74 Å². The average Bonchev–Trinajstić information content (AvgIpc) is 3.08. The van der Waals surface area contributed by atoms with Crippen LogP contribution >= 0.6 is 0 Å². The number of nitro groups is 1. The maximum atomic E-state index is 13.4. The van der Waals surface area contributed by atoms with Crippen molar-refractivity contribution in [2.45, 2.75) is 6.04 Å². The molecule has 0 aromatic heterocycles. The third-order valence-electron chi connectivity index (χ3n) is 5.82. The highest BCUT2D eigenvalue weighted by Crippen LogP contribution is 2.40. The van der Waals surface area contributed by atoms with E-state index in [1.165, 1.54) is 35.2 Å². The Morgan fingerprint density at radius 1 is 1.12 bits per heavy atom. The van der Waals surface area contributed by atoms with Gasteiger partial charge in [0.1, 0.15) is 11.6 Å². The lowest BCUT2D eigenvalue weighted by atomic mass is 9.95. The molecule has 2 heterocycles. The minimum atomic E-state index is -1.02. The van der Waals surface area contributed by atoms with Crippen molar-refractivity contribution in [2.75, 3.05) is 39.4 Å². The highest BCUT2D eigenvalue weighted by molar-refractivity contribution is 6.46.